The maximum atomic E-state index is 12.4. The molecule has 0 aliphatic rings. The largest absolute Gasteiger partial charge is 0.384 e. The van der Waals surface area contributed by atoms with Gasteiger partial charge in [0.1, 0.15) is 5.82 Å². The molecule has 1 atom stereocenters. The number of hydrogen-bond acceptors (Lipinski definition) is 4. The number of nitrogens with zero attached hydrogens (tertiary/aromatic N) is 1. The Kier molecular flexibility index (Phi) is 6.62. The highest BCUT2D eigenvalue weighted by atomic mass is 16.5. The van der Waals surface area contributed by atoms with E-state index in [4.69, 9.17) is 10.5 Å². The Morgan fingerprint density at radius 2 is 2.00 bits per heavy atom. The first kappa shape index (κ1) is 17.4. The van der Waals surface area contributed by atoms with Gasteiger partial charge in [-0.25, -0.2) is 4.98 Å². The minimum atomic E-state index is -0.135. The minimum absolute atomic E-state index is 0.0191. The van der Waals surface area contributed by atoms with Gasteiger partial charge in [-0.1, -0.05) is 27.7 Å². The van der Waals surface area contributed by atoms with Crippen molar-refractivity contribution in [2.75, 3.05) is 18.9 Å². The molecule has 0 aromatic carbocycles. The molecule has 0 spiro atoms. The molecule has 1 heterocycles. The number of nitrogens with one attached hydrogen (secondary N) is 1. The number of nitrogens with two attached hydrogens (primary N) is 1. The topological polar surface area (TPSA) is 77.2 Å². The van der Waals surface area contributed by atoms with Crippen LogP contribution in [0.4, 0.5) is 5.82 Å². The number of anilines is 1. The summed E-state index contributed by atoms with van der Waals surface area (Å²) < 4.78 is 5.43. The Hall–Kier alpha value is -1.62. The Labute approximate surface area is 127 Å². The van der Waals surface area contributed by atoms with Crippen LogP contribution in [0.25, 0.3) is 0 Å². The summed E-state index contributed by atoms with van der Waals surface area (Å²) >= 11 is 0. The Bertz CT molecular complexity index is 473. The fourth-order valence-corrected chi connectivity index (χ4v) is 1.90. The van der Waals surface area contributed by atoms with E-state index in [0.717, 1.165) is 5.69 Å². The van der Waals surface area contributed by atoms with Gasteiger partial charge in [0.05, 0.1) is 12.6 Å². The number of aromatic nitrogens is 1. The highest BCUT2D eigenvalue weighted by molar-refractivity contribution is 5.95. The molecule has 1 amide bonds. The van der Waals surface area contributed by atoms with Crippen LogP contribution in [-0.4, -0.2) is 30.1 Å². The van der Waals surface area contributed by atoms with Crippen LogP contribution in [0.5, 0.6) is 0 Å². The minimum Gasteiger partial charge on any atom is -0.384 e. The zero-order valence-corrected chi connectivity index (χ0v) is 13.6. The lowest BCUT2D eigenvalue weighted by atomic mass is 10.0. The monoisotopic (exact) mass is 293 g/mol. The Morgan fingerprint density at radius 1 is 1.33 bits per heavy atom. The molecule has 1 aromatic rings. The first-order valence-electron chi connectivity index (χ1n) is 7.51. The van der Waals surface area contributed by atoms with Crippen LogP contribution >= 0.6 is 0 Å². The maximum Gasteiger partial charge on any atom is 0.251 e. The van der Waals surface area contributed by atoms with Crippen molar-refractivity contribution in [1.82, 2.24) is 10.3 Å². The summed E-state index contributed by atoms with van der Waals surface area (Å²) in [4.78, 5) is 16.7. The van der Waals surface area contributed by atoms with E-state index >= 15 is 0 Å². The van der Waals surface area contributed by atoms with E-state index in [1.807, 2.05) is 20.8 Å². The SMILES string of the molecule is CCOCC(NC(=O)c1cc(N)nc(C(C)C)c1)C(C)C. The second-order valence-corrected chi connectivity index (χ2v) is 5.84. The molecule has 0 saturated carbocycles. The summed E-state index contributed by atoms with van der Waals surface area (Å²) in [5.74, 6) is 0.760. The molecule has 3 N–H and O–H groups in total. The van der Waals surface area contributed by atoms with Crippen molar-refractivity contribution in [1.29, 1.82) is 0 Å². The van der Waals surface area contributed by atoms with Gasteiger partial charge in [-0.3, -0.25) is 4.79 Å². The van der Waals surface area contributed by atoms with Crippen LogP contribution in [0.3, 0.4) is 0 Å². The Balaban J connectivity index is 2.86. The van der Waals surface area contributed by atoms with E-state index in [1.165, 1.54) is 0 Å². The molecule has 118 valence electrons. The summed E-state index contributed by atoms with van der Waals surface area (Å²) in [6.45, 7) is 11.3. The van der Waals surface area contributed by atoms with E-state index in [2.05, 4.69) is 24.1 Å². The van der Waals surface area contributed by atoms with Gasteiger partial charge in [0, 0.05) is 17.9 Å². The molecule has 0 saturated heterocycles. The molecule has 5 nitrogen and oxygen atoms in total. The van der Waals surface area contributed by atoms with Crippen molar-refractivity contribution < 1.29 is 9.53 Å². The normalized spacial score (nSPS) is 12.7. The van der Waals surface area contributed by atoms with E-state index in [9.17, 15) is 4.79 Å². The van der Waals surface area contributed by atoms with Gasteiger partial charge in [-0.05, 0) is 30.9 Å². The zero-order chi connectivity index (χ0) is 16.0. The number of pyridine rings is 1. The number of rotatable bonds is 7. The highest BCUT2D eigenvalue weighted by Gasteiger charge is 2.18. The molecular formula is C16H27N3O2. The van der Waals surface area contributed by atoms with Gasteiger partial charge < -0.3 is 15.8 Å². The predicted octanol–water partition coefficient (Wildman–Crippen LogP) is 2.58. The van der Waals surface area contributed by atoms with Crippen LogP contribution in [-0.2, 0) is 4.74 Å². The van der Waals surface area contributed by atoms with Gasteiger partial charge >= 0.3 is 0 Å². The van der Waals surface area contributed by atoms with Gasteiger partial charge in [-0.15, -0.1) is 0 Å². The quantitative estimate of drug-likeness (QED) is 0.810. The molecule has 1 unspecified atom stereocenters. The van der Waals surface area contributed by atoms with Gasteiger partial charge in [0.15, 0.2) is 0 Å². The number of nitrogen functional groups attached to an aromatic ring is 1. The van der Waals surface area contributed by atoms with E-state index in [0.29, 0.717) is 30.5 Å². The van der Waals surface area contributed by atoms with E-state index in [-0.39, 0.29) is 17.9 Å². The predicted molar refractivity (Wildman–Crippen MR) is 85.3 cm³/mol. The molecule has 5 heteroatoms. The maximum absolute atomic E-state index is 12.4. The summed E-state index contributed by atoms with van der Waals surface area (Å²) in [5, 5.41) is 3.01. The van der Waals surface area contributed by atoms with Crippen LogP contribution in [0, 0.1) is 5.92 Å². The summed E-state index contributed by atoms with van der Waals surface area (Å²) in [7, 11) is 0. The third-order valence-corrected chi connectivity index (χ3v) is 3.34. The molecule has 0 bridgehead atoms. The van der Waals surface area contributed by atoms with Crippen molar-refractivity contribution in [3.63, 3.8) is 0 Å². The number of hydrogen-bond donors (Lipinski definition) is 2. The number of carbonyl (C=O) groups excluding carboxylic acids is 1. The van der Waals surface area contributed by atoms with Crippen LogP contribution < -0.4 is 11.1 Å². The molecular weight excluding hydrogens is 266 g/mol. The van der Waals surface area contributed by atoms with Gasteiger partial charge in [0.2, 0.25) is 0 Å². The van der Waals surface area contributed by atoms with Crippen LogP contribution in [0.15, 0.2) is 12.1 Å². The molecule has 0 aliphatic carbocycles. The molecule has 0 fully saturated rings. The lowest BCUT2D eigenvalue weighted by molar-refractivity contribution is 0.0806. The van der Waals surface area contributed by atoms with Crippen LogP contribution in [0.2, 0.25) is 0 Å². The summed E-state index contributed by atoms with van der Waals surface area (Å²) in [5.41, 5.74) is 7.16. The lowest BCUT2D eigenvalue weighted by Gasteiger charge is -2.22. The second-order valence-electron chi connectivity index (χ2n) is 5.84. The van der Waals surface area contributed by atoms with E-state index in [1.54, 1.807) is 12.1 Å². The highest BCUT2D eigenvalue weighted by Crippen LogP contribution is 2.16. The molecule has 1 aromatic heterocycles. The van der Waals surface area contributed by atoms with Crippen molar-refractivity contribution in [2.24, 2.45) is 5.92 Å². The van der Waals surface area contributed by atoms with Gasteiger partial charge in [0.25, 0.3) is 5.91 Å². The molecule has 0 radical (unpaired) electrons. The average Bonchev–Trinajstić information content (AvgIpc) is 2.42. The zero-order valence-electron chi connectivity index (χ0n) is 13.6. The average molecular weight is 293 g/mol. The third kappa shape index (κ3) is 5.34. The molecule has 21 heavy (non-hydrogen) atoms. The van der Waals surface area contributed by atoms with Crippen molar-refractivity contribution in [3.8, 4) is 0 Å². The Morgan fingerprint density at radius 3 is 2.52 bits per heavy atom. The number of amides is 1. The second kappa shape index (κ2) is 7.98. The van der Waals surface area contributed by atoms with Crippen LogP contribution in [0.1, 0.15) is 56.6 Å². The number of carbonyl (C=O) groups is 1. The fraction of sp³-hybridized carbons (Fsp3) is 0.625. The molecule has 1 rings (SSSR count). The van der Waals surface area contributed by atoms with Crippen molar-refractivity contribution in [2.45, 2.75) is 46.6 Å². The number of ether oxygens (including phenoxy) is 1. The molecule has 0 aliphatic heterocycles. The standard InChI is InChI=1S/C16H27N3O2/c1-6-21-9-14(11(4)5)19-16(20)12-7-13(10(2)3)18-15(17)8-12/h7-8,10-11,14H,6,9H2,1-5H3,(H2,17,18)(H,19,20). The lowest BCUT2D eigenvalue weighted by Crippen LogP contribution is -2.42. The van der Waals surface area contributed by atoms with Crippen molar-refractivity contribution in [3.05, 3.63) is 23.4 Å². The summed E-state index contributed by atoms with van der Waals surface area (Å²) in [6.07, 6.45) is 0. The smallest absolute Gasteiger partial charge is 0.251 e. The van der Waals surface area contributed by atoms with Gasteiger partial charge in [-0.2, -0.15) is 0 Å². The first-order chi connectivity index (χ1) is 9.85. The summed E-state index contributed by atoms with van der Waals surface area (Å²) in [6, 6.07) is 3.39. The third-order valence-electron chi connectivity index (χ3n) is 3.34. The van der Waals surface area contributed by atoms with Crippen molar-refractivity contribution >= 4 is 11.7 Å². The first-order valence-corrected chi connectivity index (χ1v) is 7.51. The fourth-order valence-electron chi connectivity index (χ4n) is 1.90. The van der Waals surface area contributed by atoms with E-state index < -0.39 is 0 Å².